The van der Waals surface area contributed by atoms with Crippen molar-refractivity contribution < 1.29 is 22.4 Å². The van der Waals surface area contributed by atoms with Crippen LogP contribution < -0.4 is 9.62 Å². The van der Waals surface area contributed by atoms with Gasteiger partial charge in [-0.15, -0.1) is 0 Å². The molecule has 0 unspecified atom stereocenters. The first-order valence-electron chi connectivity index (χ1n) is 15.4. The van der Waals surface area contributed by atoms with E-state index in [1.54, 1.807) is 36.4 Å². The third-order valence-corrected chi connectivity index (χ3v) is 9.71. The molecule has 0 aromatic heterocycles. The summed E-state index contributed by atoms with van der Waals surface area (Å²) in [6.45, 7) is 8.86. The van der Waals surface area contributed by atoms with E-state index >= 15 is 0 Å². The summed E-state index contributed by atoms with van der Waals surface area (Å²) < 4.78 is 43.4. The molecule has 0 aliphatic rings. The van der Waals surface area contributed by atoms with Gasteiger partial charge in [0.2, 0.25) is 11.8 Å². The van der Waals surface area contributed by atoms with Gasteiger partial charge in [-0.3, -0.25) is 13.9 Å². The van der Waals surface area contributed by atoms with Crippen LogP contribution in [0.1, 0.15) is 48.1 Å². The summed E-state index contributed by atoms with van der Waals surface area (Å²) in [4.78, 5) is 29.9. The van der Waals surface area contributed by atoms with E-state index in [1.807, 2.05) is 71.0 Å². The lowest BCUT2D eigenvalue weighted by Gasteiger charge is -2.34. The van der Waals surface area contributed by atoms with Gasteiger partial charge in [0.05, 0.1) is 10.6 Å². The van der Waals surface area contributed by atoms with Gasteiger partial charge in [0.25, 0.3) is 10.0 Å². The molecule has 2 amide bonds. The number of amides is 2. The molecule has 4 aromatic carbocycles. The van der Waals surface area contributed by atoms with Crippen LogP contribution in [-0.2, 0) is 32.6 Å². The largest absolute Gasteiger partial charge is 0.352 e. The lowest BCUT2D eigenvalue weighted by atomic mass is 10.0. The van der Waals surface area contributed by atoms with Crippen molar-refractivity contribution in [1.82, 2.24) is 10.2 Å². The molecule has 0 saturated heterocycles. The first kappa shape index (κ1) is 34.4. The molecule has 0 spiro atoms. The predicted octanol–water partition coefficient (Wildman–Crippen LogP) is 6.50. The summed E-state index contributed by atoms with van der Waals surface area (Å²) in [6.07, 6.45) is 0.884. The van der Waals surface area contributed by atoms with E-state index in [2.05, 4.69) is 5.32 Å². The number of carbonyl (C=O) groups is 2. The molecule has 9 heteroatoms. The molecular weight excluding hydrogens is 601 g/mol. The number of nitrogens with zero attached hydrogens (tertiary/aromatic N) is 2. The Morgan fingerprint density at radius 2 is 1.41 bits per heavy atom. The molecule has 4 aromatic rings. The van der Waals surface area contributed by atoms with Crippen molar-refractivity contribution in [2.24, 2.45) is 0 Å². The monoisotopic (exact) mass is 643 g/mol. The number of rotatable bonds is 13. The van der Waals surface area contributed by atoms with Gasteiger partial charge in [0, 0.05) is 19.0 Å². The van der Waals surface area contributed by atoms with E-state index in [9.17, 15) is 22.4 Å². The highest BCUT2D eigenvalue weighted by Crippen LogP contribution is 2.27. The third kappa shape index (κ3) is 8.81. The third-order valence-electron chi connectivity index (χ3n) is 7.92. The van der Waals surface area contributed by atoms with Crippen LogP contribution in [0.2, 0.25) is 0 Å². The fraction of sp³-hybridized carbons (Fsp3) is 0.297. The van der Waals surface area contributed by atoms with Gasteiger partial charge < -0.3 is 10.2 Å². The number of benzene rings is 4. The first-order valence-corrected chi connectivity index (χ1v) is 16.9. The van der Waals surface area contributed by atoms with Crippen molar-refractivity contribution >= 4 is 27.5 Å². The number of nitrogens with one attached hydrogen (secondary N) is 1. The van der Waals surface area contributed by atoms with Gasteiger partial charge in [-0.05, 0) is 92.8 Å². The summed E-state index contributed by atoms with van der Waals surface area (Å²) in [6, 6.07) is 25.8. The van der Waals surface area contributed by atoms with Crippen molar-refractivity contribution in [2.45, 2.75) is 71.0 Å². The van der Waals surface area contributed by atoms with Crippen molar-refractivity contribution in [3.8, 4) is 0 Å². The average molecular weight is 644 g/mol. The summed E-state index contributed by atoms with van der Waals surface area (Å²) in [5, 5.41) is 3.02. The van der Waals surface area contributed by atoms with Gasteiger partial charge in [0.15, 0.2) is 0 Å². The summed E-state index contributed by atoms with van der Waals surface area (Å²) >= 11 is 0. The van der Waals surface area contributed by atoms with Crippen molar-refractivity contribution in [3.63, 3.8) is 0 Å². The Hall–Kier alpha value is -4.50. The van der Waals surface area contributed by atoms with E-state index in [4.69, 9.17) is 0 Å². The Bertz CT molecular complexity index is 1720. The number of anilines is 1. The minimum Gasteiger partial charge on any atom is -0.352 e. The van der Waals surface area contributed by atoms with Gasteiger partial charge in [-0.1, -0.05) is 73.2 Å². The van der Waals surface area contributed by atoms with E-state index < -0.39 is 34.3 Å². The number of aryl methyl sites for hydroxylation is 3. The highest BCUT2D eigenvalue weighted by molar-refractivity contribution is 7.92. The first-order chi connectivity index (χ1) is 21.9. The second-order valence-electron chi connectivity index (χ2n) is 11.8. The molecule has 4 rings (SSSR count). The zero-order valence-electron chi connectivity index (χ0n) is 27.0. The van der Waals surface area contributed by atoms with E-state index in [-0.39, 0.29) is 29.8 Å². The molecule has 0 aliphatic carbocycles. The Morgan fingerprint density at radius 1 is 0.804 bits per heavy atom. The van der Waals surface area contributed by atoms with Crippen molar-refractivity contribution in [2.75, 3.05) is 10.8 Å². The molecule has 46 heavy (non-hydrogen) atoms. The molecular formula is C37H42FN3O4S. The SMILES string of the molecule is CC[C@H](C)NC(=O)[C@@H](Cc1ccccc1)N(Cc1ccc(F)cc1)C(=O)CN(c1cc(C)cc(C)c1)S(=O)(=O)c1ccc(C)cc1. The number of hydrogen-bond donors (Lipinski definition) is 1. The lowest BCUT2D eigenvalue weighted by molar-refractivity contribution is -0.140. The van der Waals surface area contributed by atoms with E-state index in [0.29, 0.717) is 17.7 Å². The zero-order chi connectivity index (χ0) is 33.4. The maximum atomic E-state index is 14.6. The van der Waals surface area contributed by atoms with Gasteiger partial charge in [0.1, 0.15) is 18.4 Å². The topological polar surface area (TPSA) is 86.8 Å². The molecule has 0 bridgehead atoms. The van der Waals surface area contributed by atoms with Crippen LogP contribution in [0.5, 0.6) is 0 Å². The molecule has 2 atom stereocenters. The van der Waals surface area contributed by atoms with Crippen LogP contribution in [0, 0.1) is 26.6 Å². The van der Waals surface area contributed by atoms with Crippen LogP contribution in [0.15, 0.2) is 102 Å². The lowest BCUT2D eigenvalue weighted by Crippen LogP contribution is -2.54. The van der Waals surface area contributed by atoms with E-state index in [0.717, 1.165) is 26.6 Å². The van der Waals surface area contributed by atoms with Crippen LogP contribution in [0.4, 0.5) is 10.1 Å². The van der Waals surface area contributed by atoms with Crippen LogP contribution in [0.3, 0.4) is 0 Å². The number of halogens is 1. The maximum absolute atomic E-state index is 14.6. The Morgan fingerprint density at radius 3 is 2.00 bits per heavy atom. The highest BCUT2D eigenvalue weighted by atomic mass is 32.2. The standard InChI is InChI=1S/C37H42FN3O4S/c1-6-29(5)39-37(43)35(23-30-10-8-7-9-11-30)40(24-31-14-16-32(38)17-15-31)36(42)25-41(33-21-27(3)20-28(4)22-33)46(44,45)34-18-12-26(2)13-19-34/h7-22,29,35H,6,23-25H2,1-5H3,(H,39,43)/t29-,35+/m0/s1. The van der Waals surface area contributed by atoms with E-state index in [1.165, 1.54) is 29.2 Å². The van der Waals surface area contributed by atoms with Gasteiger partial charge in [-0.25, -0.2) is 12.8 Å². The molecule has 0 radical (unpaired) electrons. The maximum Gasteiger partial charge on any atom is 0.264 e. The van der Waals surface area contributed by atoms with Gasteiger partial charge >= 0.3 is 0 Å². The Kier molecular flexibility index (Phi) is 11.4. The second kappa shape index (κ2) is 15.2. The molecule has 0 heterocycles. The molecule has 1 N–H and O–H groups in total. The average Bonchev–Trinajstić information content (AvgIpc) is 3.02. The normalized spacial score (nSPS) is 12.7. The molecule has 0 aliphatic heterocycles. The number of hydrogen-bond acceptors (Lipinski definition) is 4. The number of sulfonamides is 1. The molecule has 0 fully saturated rings. The highest BCUT2D eigenvalue weighted by Gasteiger charge is 2.35. The predicted molar refractivity (Wildman–Crippen MR) is 180 cm³/mol. The minimum absolute atomic E-state index is 0.0319. The van der Waals surface area contributed by atoms with Gasteiger partial charge in [-0.2, -0.15) is 0 Å². The zero-order valence-corrected chi connectivity index (χ0v) is 27.9. The second-order valence-corrected chi connectivity index (χ2v) is 13.7. The number of carbonyl (C=O) groups excluding carboxylic acids is 2. The fourth-order valence-corrected chi connectivity index (χ4v) is 6.64. The molecule has 7 nitrogen and oxygen atoms in total. The van der Waals surface area contributed by atoms with Crippen LogP contribution in [0.25, 0.3) is 0 Å². The Balaban J connectivity index is 1.83. The summed E-state index contributed by atoms with van der Waals surface area (Å²) in [5.41, 5.74) is 4.35. The fourth-order valence-electron chi connectivity index (χ4n) is 5.24. The van der Waals surface area contributed by atoms with Crippen molar-refractivity contribution in [3.05, 3.63) is 131 Å². The Labute approximate surface area is 272 Å². The van der Waals surface area contributed by atoms with Crippen LogP contribution in [-0.4, -0.2) is 43.8 Å². The van der Waals surface area contributed by atoms with Crippen LogP contribution >= 0.6 is 0 Å². The quantitative estimate of drug-likeness (QED) is 0.180. The smallest absolute Gasteiger partial charge is 0.264 e. The van der Waals surface area contributed by atoms with Crippen molar-refractivity contribution in [1.29, 1.82) is 0 Å². The summed E-state index contributed by atoms with van der Waals surface area (Å²) in [7, 11) is -4.20. The molecule has 242 valence electrons. The molecule has 0 saturated carbocycles. The summed E-state index contributed by atoms with van der Waals surface area (Å²) in [5.74, 6) is -1.35. The minimum atomic E-state index is -4.20.